The molecular weight excluding hydrogens is 1560 g/mol. The van der Waals surface area contributed by atoms with Crippen molar-refractivity contribution in [3.63, 3.8) is 0 Å². The van der Waals surface area contributed by atoms with Gasteiger partial charge < -0.3 is 66.6 Å². The molecule has 12 rings (SSSR count). The Balaban J connectivity index is 0.000000280. The third kappa shape index (κ3) is 24.7. The van der Waals surface area contributed by atoms with Crippen LogP contribution < -0.4 is 144 Å². The van der Waals surface area contributed by atoms with Crippen LogP contribution in [0.15, 0.2) is 192 Å². The van der Waals surface area contributed by atoms with Crippen molar-refractivity contribution in [2.75, 3.05) is 70.3 Å². The number of carbonyl (C=O) groups excluding carboxylic acids is 6. The van der Waals surface area contributed by atoms with Crippen molar-refractivity contribution >= 4 is 102 Å². The van der Waals surface area contributed by atoms with E-state index in [0.29, 0.717) is 88.4 Å². The number of aromatic carboxylic acids is 2. The molecular formula is C86H96K2N8O17S2. The SMILES string of the molecule is CCN([C@H]1CC[C@H](C(=O)O)CC1)S(=O)(=O)c1cccc(C(=O)Nc2ccc(N3CCCCC3)cc2C(=O)Nc2ccc(CCc3ccc(C(=O)[O-])cc3)cc2)c1.CCN([C@H]1CC[C@H](C(=O)O)CC1)S(=O)(=O)c1cccc(C(=O)Nc2ccc(N3CCCCC3)cc2C(=O)Nc2ccc(CCc3ccc(C(=O)[O-])cc3)cc2)c1.O.[K+].[K+]. The molecule has 2 aliphatic carbocycles. The van der Waals surface area contributed by atoms with Gasteiger partial charge in [0.05, 0.1) is 56.1 Å². The first-order valence-electron chi connectivity index (χ1n) is 38.4. The largest absolute Gasteiger partial charge is 1.00 e. The quantitative estimate of drug-likeness (QED) is 0.0345. The van der Waals surface area contributed by atoms with Crippen LogP contribution in [0.1, 0.15) is 188 Å². The van der Waals surface area contributed by atoms with Crippen molar-refractivity contribution in [1.82, 2.24) is 8.61 Å². The summed E-state index contributed by atoms with van der Waals surface area (Å²) in [4.78, 5) is 105. The van der Waals surface area contributed by atoms with E-state index in [1.54, 1.807) is 62.4 Å². The Labute approximate surface area is 756 Å². The molecule has 4 aliphatic rings. The maximum absolute atomic E-state index is 13.9. The number of sulfonamides is 2. The first-order chi connectivity index (χ1) is 53.8. The van der Waals surface area contributed by atoms with Crippen LogP contribution in [0.25, 0.3) is 0 Å². The van der Waals surface area contributed by atoms with Crippen LogP contribution >= 0.6 is 0 Å². The van der Waals surface area contributed by atoms with E-state index in [4.69, 9.17) is 0 Å². The number of amides is 4. The van der Waals surface area contributed by atoms with Crippen LogP contribution in [0, 0.1) is 11.8 Å². The predicted octanol–water partition coefficient (Wildman–Crippen LogP) is 5.15. The van der Waals surface area contributed by atoms with Crippen molar-refractivity contribution in [3.05, 3.63) is 238 Å². The third-order valence-corrected chi connectivity index (χ3v) is 25.6. The van der Waals surface area contributed by atoms with E-state index in [1.165, 1.54) is 81.4 Å². The van der Waals surface area contributed by atoms with Gasteiger partial charge in [0.2, 0.25) is 20.0 Å². The van der Waals surface area contributed by atoms with Gasteiger partial charge in [0, 0.05) is 85.2 Å². The van der Waals surface area contributed by atoms with Crippen LogP contribution in [0.4, 0.5) is 34.1 Å². The molecule has 2 heterocycles. The van der Waals surface area contributed by atoms with Crippen molar-refractivity contribution in [3.8, 4) is 0 Å². The van der Waals surface area contributed by atoms with Gasteiger partial charge in [0.25, 0.3) is 23.6 Å². The van der Waals surface area contributed by atoms with E-state index < -0.39 is 79.4 Å². The maximum atomic E-state index is 13.9. The van der Waals surface area contributed by atoms with Gasteiger partial charge in [-0.1, -0.05) is 98.8 Å². The van der Waals surface area contributed by atoms with Crippen LogP contribution in [-0.2, 0) is 55.3 Å². The summed E-state index contributed by atoms with van der Waals surface area (Å²) in [5.74, 6) is -7.11. The topological polar surface area (TPSA) is 384 Å². The second kappa shape index (κ2) is 43.6. The first kappa shape index (κ1) is 92.7. The Morgan fingerprint density at radius 3 is 1.00 bits per heavy atom. The number of nitrogens with zero attached hydrogens (tertiary/aromatic N) is 4. The van der Waals surface area contributed by atoms with E-state index in [1.807, 2.05) is 60.7 Å². The first-order valence-corrected chi connectivity index (χ1v) is 41.2. The Bertz CT molecular complexity index is 4640. The molecule has 2 saturated carbocycles. The summed E-state index contributed by atoms with van der Waals surface area (Å²) in [6.45, 7) is 7.31. The number of hydrogen-bond donors (Lipinski definition) is 6. The van der Waals surface area contributed by atoms with E-state index >= 15 is 0 Å². The van der Waals surface area contributed by atoms with Crippen LogP contribution in [0.3, 0.4) is 0 Å². The minimum atomic E-state index is -4.00. The van der Waals surface area contributed by atoms with Crippen molar-refractivity contribution in [2.45, 2.75) is 151 Å². The van der Waals surface area contributed by atoms with Gasteiger partial charge in [-0.25, -0.2) is 16.8 Å². The van der Waals surface area contributed by atoms with Gasteiger partial charge in [-0.3, -0.25) is 28.8 Å². The van der Waals surface area contributed by atoms with E-state index in [9.17, 15) is 75.6 Å². The molecule has 4 fully saturated rings. The number of benzene rings is 8. The van der Waals surface area contributed by atoms with Crippen molar-refractivity contribution in [1.29, 1.82) is 0 Å². The second-order valence-corrected chi connectivity index (χ2v) is 32.7. The van der Waals surface area contributed by atoms with Gasteiger partial charge in [-0.2, -0.15) is 8.61 Å². The Morgan fingerprint density at radius 1 is 0.391 bits per heavy atom. The molecule has 115 heavy (non-hydrogen) atoms. The van der Waals surface area contributed by atoms with Gasteiger partial charge in [-0.15, -0.1) is 0 Å². The molecule has 0 bridgehead atoms. The molecule has 8 N–H and O–H groups in total. The molecule has 29 heteroatoms. The molecule has 0 atom stereocenters. The molecule has 8 aromatic carbocycles. The molecule has 0 aromatic heterocycles. The zero-order valence-electron chi connectivity index (χ0n) is 65.3. The van der Waals surface area contributed by atoms with Crippen LogP contribution in [0.2, 0.25) is 0 Å². The fourth-order valence-electron chi connectivity index (χ4n) is 15.2. The molecule has 4 amide bonds. The number of anilines is 6. The number of aliphatic carboxylic acids is 2. The maximum Gasteiger partial charge on any atom is 1.00 e. The van der Waals surface area contributed by atoms with Gasteiger partial charge in [0.1, 0.15) is 0 Å². The summed E-state index contributed by atoms with van der Waals surface area (Å²) in [7, 11) is -8.01. The molecule has 2 aliphatic heterocycles. The number of carbonyl (C=O) groups is 8. The predicted molar refractivity (Wildman–Crippen MR) is 428 cm³/mol. The third-order valence-electron chi connectivity index (χ3n) is 21.6. The fraction of sp³-hybridized carbons (Fsp3) is 0.349. The number of carboxylic acids is 4. The van der Waals surface area contributed by atoms with Crippen molar-refractivity contribution < 1.29 is 184 Å². The Kier molecular flexibility index (Phi) is 35.1. The average molecular weight is 1660 g/mol. The normalized spacial score (nSPS) is 16.8. The Hall–Kier alpha value is -7.83. The number of hydrogen-bond acceptors (Lipinski definition) is 16. The van der Waals surface area contributed by atoms with Crippen molar-refractivity contribution in [2.24, 2.45) is 11.8 Å². The number of rotatable bonds is 28. The molecule has 0 radical (unpaired) electrons. The van der Waals surface area contributed by atoms with Gasteiger partial charge >= 0.3 is 115 Å². The molecule has 0 spiro atoms. The van der Waals surface area contributed by atoms with E-state index in [0.717, 1.165) is 98.3 Å². The minimum absolute atomic E-state index is 0. The standard InChI is InChI=1S/2C43H48N4O8S.2K.H2O/c2*1-2-47(35-21-17-32(18-22-35)43(52)53)56(54,55)37-8-6-7-33(27-37)40(48)45-39-24-23-36(46-25-4-3-5-26-46)28-38(39)41(49)44-34-19-13-30(14-20-34)10-9-29-11-15-31(16-12-29)42(50)51;;;/h2*6-8,11-16,19-20,23-24,27-28,32,35H,2-5,9-10,17-18,21-22,25-26H2,1H3,(H,44,49)(H,45,48)(H,50,51)(H,52,53);;;1H2/q;;2*+1;/p-2/t2*32-,35-;;;. The van der Waals surface area contributed by atoms with Crippen LogP contribution in [0.5, 0.6) is 0 Å². The van der Waals surface area contributed by atoms with Gasteiger partial charge in [0.15, 0.2) is 0 Å². The summed E-state index contributed by atoms with van der Waals surface area (Å²) in [6.07, 6.45) is 12.6. The summed E-state index contributed by atoms with van der Waals surface area (Å²) in [5.41, 5.74) is 8.41. The zero-order valence-corrected chi connectivity index (χ0v) is 73.2. The second-order valence-electron chi connectivity index (χ2n) is 28.9. The number of piperidine rings is 2. The zero-order chi connectivity index (χ0) is 79.6. The minimum Gasteiger partial charge on any atom is -0.545 e. The fourth-order valence-corrected chi connectivity index (χ4v) is 18.7. The molecule has 8 aromatic rings. The summed E-state index contributed by atoms with van der Waals surface area (Å²) >= 11 is 0. The smallest absolute Gasteiger partial charge is 0.545 e. The molecule has 2 saturated heterocycles. The van der Waals surface area contributed by atoms with E-state index in [2.05, 4.69) is 31.1 Å². The number of carboxylic acid groups (broad SMARTS) is 4. The average Bonchev–Trinajstić information content (AvgIpc) is 0.803. The summed E-state index contributed by atoms with van der Waals surface area (Å²) < 4.78 is 58.3. The molecule has 0 unspecified atom stereocenters. The molecule has 596 valence electrons. The van der Waals surface area contributed by atoms with Crippen LogP contribution in [-0.4, -0.2) is 140 Å². The Morgan fingerprint density at radius 2 is 0.704 bits per heavy atom. The number of nitrogens with one attached hydrogen (secondary N) is 4. The number of aryl methyl sites for hydroxylation is 4. The molecule has 25 nitrogen and oxygen atoms in total. The monoisotopic (exact) mass is 1650 g/mol. The van der Waals surface area contributed by atoms with E-state index in [-0.39, 0.29) is 188 Å². The summed E-state index contributed by atoms with van der Waals surface area (Å²) in [5, 5.41) is 52.5. The summed E-state index contributed by atoms with van der Waals surface area (Å²) in [6, 6.07) is 49.8. The van der Waals surface area contributed by atoms with Gasteiger partial charge in [-0.05, 0) is 246 Å².